The number of pyridine rings is 1. The summed E-state index contributed by atoms with van der Waals surface area (Å²) in [5.41, 5.74) is 1.24. The number of nitrogens with zero attached hydrogens (tertiary/aromatic N) is 4. The third-order valence-electron chi connectivity index (χ3n) is 4.24. The van der Waals surface area contributed by atoms with E-state index in [2.05, 4.69) is 26.4 Å². The maximum Gasteiger partial charge on any atom is 0.122 e. The van der Waals surface area contributed by atoms with Crippen molar-refractivity contribution in [3.05, 3.63) is 48.3 Å². The van der Waals surface area contributed by atoms with Gasteiger partial charge in [0.15, 0.2) is 0 Å². The van der Waals surface area contributed by atoms with Gasteiger partial charge in [0.25, 0.3) is 0 Å². The van der Waals surface area contributed by atoms with Crippen LogP contribution in [0.5, 0.6) is 0 Å². The van der Waals surface area contributed by atoms with Crippen molar-refractivity contribution in [2.45, 2.75) is 32.5 Å². The van der Waals surface area contributed by atoms with Gasteiger partial charge in [-0.3, -0.25) is 9.88 Å². The minimum Gasteiger partial charge on any atom is -0.391 e. The fourth-order valence-corrected chi connectivity index (χ4v) is 3.07. The molecular weight excluding hydrogens is 264 g/mol. The first-order valence-corrected chi connectivity index (χ1v) is 7.55. The van der Waals surface area contributed by atoms with Gasteiger partial charge in [0.05, 0.1) is 12.6 Å². The van der Waals surface area contributed by atoms with Gasteiger partial charge in [0, 0.05) is 50.3 Å². The van der Waals surface area contributed by atoms with Gasteiger partial charge < -0.3 is 9.67 Å². The Morgan fingerprint density at radius 2 is 2.05 bits per heavy atom. The Morgan fingerprint density at radius 3 is 2.81 bits per heavy atom. The van der Waals surface area contributed by atoms with Crippen LogP contribution in [0, 0.1) is 5.92 Å². The van der Waals surface area contributed by atoms with Gasteiger partial charge in [0.1, 0.15) is 5.82 Å². The summed E-state index contributed by atoms with van der Waals surface area (Å²) in [6.07, 6.45) is 8.13. The molecule has 21 heavy (non-hydrogen) atoms. The SMILES string of the molecule is CCn1ccnc1CN1C[C@@H](Cc2ccncc2)[C@H](O)C1. The van der Waals surface area contributed by atoms with Crippen LogP contribution >= 0.6 is 0 Å². The molecule has 3 heterocycles. The number of likely N-dealkylation sites (tertiary alicyclic amines) is 1. The van der Waals surface area contributed by atoms with Gasteiger partial charge in [-0.25, -0.2) is 4.98 Å². The van der Waals surface area contributed by atoms with Crippen molar-refractivity contribution < 1.29 is 5.11 Å². The van der Waals surface area contributed by atoms with Crippen LogP contribution in [0.2, 0.25) is 0 Å². The summed E-state index contributed by atoms with van der Waals surface area (Å²) in [5.74, 6) is 1.37. The minimum absolute atomic E-state index is 0.261. The highest BCUT2D eigenvalue weighted by molar-refractivity contribution is 5.11. The van der Waals surface area contributed by atoms with Gasteiger partial charge in [-0.05, 0) is 31.0 Å². The Hall–Kier alpha value is -1.72. The Morgan fingerprint density at radius 1 is 1.24 bits per heavy atom. The summed E-state index contributed by atoms with van der Waals surface area (Å²) in [4.78, 5) is 10.8. The van der Waals surface area contributed by atoms with E-state index in [1.165, 1.54) is 5.56 Å². The summed E-state index contributed by atoms with van der Waals surface area (Å²) >= 11 is 0. The van der Waals surface area contributed by atoms with E-state index in [1.807, 2.05) is 36.9 Å². The molecule has 1 fully saturated rings. The fraction of sp³-hybridized carbons (Fsp3) is 0.500. The van der Waals surface area contributed by atoms with Gasteiger partial charge >= 0.3 is 0 Å². The lowest BCUT2D eigenvalue weighted by molar-refractivity contribution is 0.140. The first kappa shape index (κ1) is 14.2. The molecule has 0 unspecified atom stereocenters. The van der Waals surface area contributed by atoms with E-state index in [-0.39, 0.29) is 12.0 Å². The quantitative estimate of drug-likeness (QED) is 0.901. The van der Waals surface area contributed by atoms with E-state index in [0.29, 0.717) is 0 Å². The largest absolute Gasteiger partial charge is 0.391 e. The number of aryl methyl sites for hydroxylation is 1. The molecule has 0 radical (unpaired) electrons. The third-order valence-corrected chi connectivity index (χ3v) is 4.24. The topological polar surface area (TPSA) is 54.2 Å². The number of rotatable bonds is 5. The maximum absolute atomic E-state index is 10.3. The van der Waals surface area contributed by atoms with Gasteiger partial charge in [-0.15, -0.1) is 0 Å². The van der Waals surface area contributed by atoms with Crippen LogP contribution in [0.15, 0.2) is 36.9 Å². The zero-order valence-electron chi connectivity index (χ0n) is 12.4. The highest BCUT2D eigenvalue weighted by Gasteiger charge is 2.31. The van der Waals surface area contributed by atoms with Gasteiger partial charge in [-0.2, -0.15) is 0 Å². The standard InChI is InChI=1S/C16H22N4O/c1-2-20-8-7-18-16(20)12-19-10-14(15(21)11-19)9-13-3-5-17-6-4-13/h3-8,14-15,21H,2,9-12H2,1H3/t14-,15-/m1/s1. The van der Waals surface area contributed by atoms with E-state index in [4.69, 9.17) is 0 Å². The van der Waals surface area contributed by atoms with E-state index in [1.54, 1.807) is 0 Å². The number of aromatic nitrogens is 3. The number of β-amino-alcohol motifs (C(OH)–C–C–N with tert-alkyl or cyclic N) is 1. The van der Waals surface area contributed by atoms with Crippen LogP contribution in [0.4, 0.5) is 0 Å². The van der Waals surface area contributed by atoms with Crippen LogP contribution in [-0.2, 0) is 19.5 Å². The lowest BCUT2D eigenvalue weighted by atomic mass is 9.97. The predicted octanol–water partition coefficient (Wildman–Crippen LogP) is 1.33. The molecule has 0 aromatic carbocycles. The van der Waals surface area contributed by atoms with Crippen LogP contribution in [0.25, 0.3) is 0 Å². The van der Waals surface area contributed by atoms with Gasteiger partial charge in [0.2, 0.25) is 0 Å². The average Bonchev–Trinajstić information content (AvgIpc) is 3.07. The molecule has 1 N–H and O–H groups in total. The van der Waals surface area contributed by atoms with Crippen LogP contribution in [0.3, 0.4) is 0 Å². The first-order chi connectivity index (χ1) is 10.3. The molecule has 1 saturated heterocycles. The van der Waals surface area contributed by atoms with E-state index >= 15 is 0 Å². The molecule has 3 rings (SSSR count). The molecular formula is C16H22N4O. The van der Waals surface area contributed by atoms with Crippen molar-refractivity contribution in [2.24, 2.45) is 5.92 Å². The molecule has 1 aliphatic rings. The zero-order valence-corrected chi connectivity index (χ0v) is 12.4. The molecule has 5 heteroatoms. The molecule has 2 aromatic heterocycles. The summed E-state index contributed by atoms with van der Waals surface area (Å²) in [5, 5.41) is 10.3. The monoisotopic (exact) mass is 286 g/mol. The zero-order chi connectivity index (χ0) is 14.7. The molecule has 112 valence electrons. The maximum atomic E-state index is 10.3. The van der Waals surface area contributed by atoms with E-state index in [0.717, 1.165) is 38.4 Å². The Kier molecular flexibility index (Phi) is 4.31. The molecule has 0 saturated carbocycles. The second-order valence-corrected chi connectivity index (χ2v) is 5.71. The Bertz CT molecular complexity index is 569. The minimum atomic E-state index is -0.261. The molecule has 0 aliphatic carbocycles. The van der Waals surface area contributed by atoms with Crippen LogP contribution in [0.1, 0.15) is 18.3 Å². The molecule has 5 nitrogen and oxygen atoms in total. The molecule has 0 spiro atoms. The summed E-state index contributed by atoms with van der Waals surface area (Å²) in [6.45, 7) is 5.51. The average molecular weight is 286 g/mol. The second-order valence-electron chi connectivity index (χ2n) is 5.71. The van der Waals surface area contributed by atoms with Crippen molar-refractivity contribution in [2.75, 3.05) is 13.1 Å². The number of aliphatic hydroxyl groups excluding tert-OH is 1. The van der Waals surface area contributed by atoms with Gasteiger partial charge in [-0.1, -0.05) is 0 Å². The number of imidazole rings is 1. The molecule has 0 amide bonds. The number of hydrogen-bond acceptors (Lipinski definition) is 4. The predicted molar refractivity (Wildman–Crippen MR) is 80.6 cm³/mol. The molecule has 0 bridgehead atoms. The van der Waals surface area contributed by atoms with Crippen LogP contribution in [-0.4, -0.2) is 43.7 Å². The highest BCUT2D eigenvalue weighted by atomic mass is 16.3. The lowest BCUT2D eigenvalue weighted by Crippen LogP contribution is -2.23. The van der Waals surface area contributed by atoms with Crippen molar-refractivity contribution in [3.63, 3.8) is 0 Å². The summed E-state index contributed by atoms with van der Waals surface area (Å²) < 4.78 is 2.16. The molecule has 1 aliphatic heterocycles. The highest BCUT2D eigenvalue weighted by Crippen LogP contribution is 2.22. The summed E-state index contributed by atoms with van der Waals surface area (Å²) in [6, 6.07) is 4.05. The van der Waals surface area contributed by atoms with Crippen molar-refractivity contribution in [3.8, 4) is 0 Å². The fourth-order valence-electron chi connectivity index (χ4n) is 3.07. The number of hydrogen-bond donors (Lipinski definition) is 1. The first-order valence-electron chi connectivity index (χ1n) is 7.55. The molecule has 2 aromatic rings. The Labute approximate surface area is 125 Å². The number of aliphatic hydroxyl groups is 1. The lowest BCUT2D eigenvalue weighted by Gasteiger charge is -2.16. The van der Waals surface area contributed by atoms with Crippen LogP contribution < -0.4 is 0 Å². The third kappa shape index (κ3) is 3.31. The second kappa shape index (κ2) is 6.37. The van der Waals surface area contributed by atoms with Crippen molar-refractivity contribution >= 4 is 0 Å². The van der Waals surface area contributed by atoms with E-state index < -0.39 is 0 Å². The van der Waals surface area contributed by atoms with E-state index in [9.17, 15) is 5.11 Å². The Balaban J connectivity index is 1.61. The smallest absolute Gasteiger partial charge is 0.122 e. The molecule has 2 atom stereocenters. The summed E-state index contributed by atoms with van der Waals surface area (Å²) in [7, 11) is 0. The van der Waals surface area contributed by atoms with Crippen molar-refractivity contribution in [1.82, 2.24) is 19.4 Å². The van der Waals surface area contributed by atoms with Crippen molar-refractivity contribution in [1.29, 1.82) is 0 Å². The normalized spacial score (nSPS) is 22.8.